The molecule has 1 aromatic rings. The van der Waals surface area contributed by atoms with Crippen LogP contribution in [0.25, 0.3) is 0 Å². The standard InChI is InChI=1S/C22H28N4O4/c27-19-6-5-18(20(28)25-19)26-11-14-2-1-13(7-17(14)21(26)29)10-23-12-22(30)8-15-3-4-16(9-22)24-15/h1-2,7,15-16,18,23-24,30H,3-6,8-12H2,(H,25,27,28)/t15-,16+,18?,22?. The van der Waals surface area contributed by atoms with E-state index in [0.717, 1.165) is 36.8 Å². The number of nitrogens with one attached hydrogen (secondary N) is 3. The van der Waals surface area contributed by atoms with Gasteiger partial charge >= 0.3 is 0 Å². The van der Waals surface area contributed by atoms with E-state index in [-0.39, 0.29) is 18.2 Å². The molecule has 30 heavy (non-hydrogen) atoms. The molecule has 0 saturated carbocycles. The molecule has 2 unspecified atom stereocenters. The summed E-state index contributed by atoms with van der Waals surface area (Å²) in [6.07, 6.45) is 4.47. The first-order valence-electron chi connectivity index (χ1n) is 10.9. The average Bonchev–Trinajstić information content (AvgIpc) is 3.21. The van der Waals surface area contributed by atoms with Gasteiger partial charge in [-0.2, -0.15) is 0 Å². The average molecular weight is 412 g/mol. The van der Waals surface area contributed by atoms with Gasteiger partial charge in [0.15, 0.2) is 0 Å². The van der Waals surface area contributed by atoms with Gasteiger partial charge in [-0.15, -0.1) is 0 Å². The van der Waals surface area contributed by atoms with Crippen molar-refractivity contribution in [3.05, 3.63) is 34.9 Å². The molecule has 160 valence electrons. The molecule has 4 aliphatic rings. The Labute approximate surface area is 175 Å². The summed E-state index contributed by atoms with van der Waals surface area (Å²) in [7, 11) is 0. The van der Waals surface area contributed by atoms with E-state index >= 15 is 0 Å². The summed E-state index contributed by atoms with van der Waals surface area (Å²) < 4.78 is 0. The SMILES string of the molecule is O=C1CCC(N2Cc3ccc(CNCC4(O)C[C@H]5CC[C@@H](C4)N5)cc3C2=O)C(=O)N1. The largest absolute Gasteiger partial charge is 0.388 e. The maximum atomic E-state index is 12.9. The van der Waals surface area contributed by atoms with E-state index in [9.17, 15) is 19.5 Å². The van der Waals surface area contributed by atoms with Gasteiger partial charge in [0.25, 0.3) is 5.91 Å². The number of imide groups is 1. The zero-order valence-electron chi connectivity index (χ0n) is 16.9. The van der Waals surface area contributed by atoms with Crippen LogP contribution in [0.5, 0.6) is 0 Å². The summed E-state index contributed by atoms with van der Waals surface area (Å²) >= 11 is 0. The maximum Gasteiger partial charge on any atom is 0.255 e. The molecule has 0 spiro atoms. The van der Waals surface area contributed by atoms with Crippen LogP contribution >= 0.6 is 0 Å². The normalized spacial score (nSPS) is 33.0. The van der Waals surface area contributed by atoms with Crippen molar-refractivity contribution in [3.63, 3.8) is 0 Å². The lowest BCUT2D eigenvalue weighted by atomic mass is 9.87. The number of benzene rings is 1. The number of rotatable bonds is 5. The molecule has 0 aliphatic carbocycles. The van der Waals surface area contributed by atoms with Crippen molar-refractivity contribution in [2.24, 2.45) is 0 Å². The predicted molar refractivity (Wildman–Crippen MR) is 108 cm³/mol. The Morgan fingerprint density at radius 3 is 2.63 bits per heavy atom. The number of nitrogens with zero attached hydrogens (tertiary/aromatic N) is 1. The quantitative estimate of drug-likeness (QED) is 0.514. The van der Waals surface area contributed by atoms with Crippen molar-refractivity contribution in [1.82, 2.24) is 20.9 Å². The molecule has 5 rings (SSSR count). The molecule has 2 bridgehead atoms. The van der Waals surface area contributed by atoms with Crippen LogP contribution in [0, 0.1) is 0 Å². The number of carbonyl (C=O) groups excluding carboxylic acids is 3. The third-order valence-corrected chi connectivity index (χ3v) is 6.96. The lowest BCUT2D eigenvalue weighted by Crippen LogP contribution is -2.53. The Balaban J connectivity index is 1.21. The van der Waals surface area contributed by atoms with E-state index in [1.54, 1.807) is 4.90 Å². The molecule has 0 radical (unpaired) electrons. The lowest BCUT2D eigenvalue weighted by molar-refractivity contribution is -0.136. The molecule has 8 nitrogen and oxygen atoms in total. The Hall–Kier alpha value is -2.29. The van der Waals surface area contributed by atoms with Gasteiger partial charge in [-0.05, 0) is 49.3 Å². The number of carbonyl (C=O) groups is 3. The second-order valence-electron chi connectivity index (χ2n) is 9.27. The molecule has 3 fully saturated rings. The fraction of sp³-hybridized carbons (Fsp3) is 0.591. The Morgan fingerprint density at radius 1 is 1.13 bits per heavy atom. The third-order valence-electron chi connectivity index (χ3n) is 6.96. The first-order valence-corrected chi connectivity index (χ1v) is 10.9. The number of hydrogen-bond acceptors (Lipinski definition) is 6. The summed E-state index contributed by atoms with van der Waals surface area (Å²) in [6, 6.07) is 6.07. The molecule has 4 heterocycles. The number of piperidine rings is 2. The zero-order valence-corrected chi connectivity index (χ0v) is 16.9. The highest BCUT2D eigenvalue weighted by Crippen LogP contribution is 2.33. The van der Waals surface area contributed by atoms with E-state index < -0.39 is 17.6 Å². The maximum absolute atomic E-state index is 12.9. The summed E-state index contributed by atoms with van der Waals surface area (Å²) in [6.45, 7) is 1.50. The summed E-state index contributed by atoms with van der Waals surface area (Å²) in [5.41, 5.74) is 1.83. The van der Waals surface area contributed by atoms with Gasteiger partial charge in [0, 0.05) is 43.7 Å². The highest BCUT2D eigenvalue weighted by atomic mass is 16.3. The molecule has 4 N–H and O–H groups in total. The summed E-state index contributed by atoms with van der Waals surface area (Å²) in [5, 5.41) is 20.2. The Morgan fingerprint density at radius 2 is 1.90 bits per heavy atom. The van der Waals surface area contributed by atoms with Gasteiger partial charge in [0.1, 0.15) is 6.04 Å². The van der Waals surface area contributed by atoms with Crippen molar-refractivity contribution in [1.29, 1.82) is 0 Å². The van der Waals surface area contributed by atoms with Crippen LogP contribution < -0.4 is 16.0 Å². The summed E-state index contributed by atoms with van der Waals surface area (Å²) in [4.78, 5) is 38.0. The van der Waals surface area contributed by atoms with Crippen LogP contribution in [0.4, 0.5) is 0 Å². The van der Waals surface area contributed by atoms with Crippen LogP contribution in [-0.2, 0) is 22.7 Å². The lowest BCUT2D eigenvalue weighted by Gasteiger charge is -2.37. The molecule has 3 saturated heterocycles. The van der Waals surface area contributed by atoms with Crippen LogP contribution in [0.3, 0.4) is 0 Å². The minimum atomic E-state index is -0.674. The molecule has 4 aliphatic heterocycles. The van der Waals surface area contributed by atoms with Crippen molar-refractivity contribution >= 4 is 17.7 Å². The van der Waals surface area contributed by atoms with E-state index in [4.69, 9.17) is 0 Å². The number of fused-ring (bicyclic) bond motifs is 3. The minimum Gasteiger partial charge on any atom is -0.388 e. The second kappa shape index (κ2) is 7.44. The molecular formula is C22H28N4O4. The van der Waals surface area contributed by atoms with Crippen LogP contribution in [0.1, 0.15) is 60.0 Å². The molecular weight excluding hydrogens is 384 g/mol. The highest BCUT2D eigenvalue weighted by molar-refractivity contribution is 6.05. The number of amides is 3. The number of aliphatic hydroxyl groups is 1. The zero-order chi connectivity index (χ0) is 20.9. The monoisotopic (exact) mass is 412 g/mol. The van der Waals surface area contributed by atoms with Gasteiger partial charge in [0.05, 0.1) is 5.60 Å². The van der Waals surface area contributed by atoms with Crippen molar-refractivity contribution in [3.8, 4) is 0 Å². The molecule has 3 amide bonds. The van der Waals surface area contributed by atoms with Crippen LogP contribution in [0.2, 0.25) is 0 Å². The highest BCUT2D eigenvalue weighted by Gasteiger charge is 2.42. The van der Waals surface area contributed by atoms with E-state index in [0.29, 0.717) is 43.7 Å². The van der Waals surface area contributed by atoms with Crippen molar-refractivity contribution in [2.75, 3.05) is 6.54 Å². The van der Waals surface area contributed by atoms with Gasteiger partial charge < -0.3 is 20.6 Å². The van der Waals surface area contributed by atoms with Gasteiger partial charge in [-0.25, -0.2) is 0 Å². The minimum absolute atomic E-state index is 0.157. The molecule has 8 heteroatoms. The van der Waals surface area contributed by atoms with Gasteiger partial charge in [-0.3, -0.25) is 19.7 Å². The van der Waals surface area contributed by atoms with Gasteiger partial charge in [-0.1, -0.05) is 12.1 Å². The Bertz CT molecular complexity index is 889. The van der Waals surface area contributed by atoms with Crippen molar-refractivity contribution < 1.29 is 19.5 Å². The Kier molecular flexibility index (Phi) is 4.88. The number of hydrogen-bond donors (Lipinski definition) is 4. The molecule has 0 aromatic heterocycles. The fourth-order valence-electron chi connectivity index (χ4n) is 5.52. The van der Waals surface area contributed by atoms with E-state index in [1.807, 2.05) is 18.2 Å². The first kappa shape index (κ1) is 19.7. The fourth-order valence-corrected chi connectivity index (χ4v) is 5.52. The van der Waals surface area contributed by atoms with E-state index in [1.165, 1.54) is 0 Å². The van der Waals surface area contributed by atoms with Crippen molar-refractivity contribution in [2.45, 2.75) is 75.3 Å². The molecule has 1 aromatic carbocycles. The predicted octanol–water partition coefficient (Wildman–Crippen LogP) is 0.183. The summed E-state index contributed by atoms with van der Waals surface area (Å²) in [5.74, 6) is -0.828. The smallest absolute Gasteiger partial charge is 0.255 e. The van der Waals surface area contributed by atoms with Gasteiger partial charge in [0.2, 0.25) is 11.8 Å². The topological polar surface area (TPSA) is 111 Å². The first-order chi connectivity index (χ1) is 14.4. The van der Waals surface area contributed by atoms with Crippen LogP contribution in [0.15, 0.2) is 18.2 Å². The van der Waals surface area contributed by atoms with Crippen LogP contribution in [-0.4, -0.2) is 58.0 Å². The van der Waals surface area contributed by atoms with E-state index in [2.05, 4.69) is 16.0 Å². The molecule has 4 atom stereocenters. The third kappa shape index (κ3) is 3.64. The second-order valence-corrected chi connectivity index (χ2v) is 9.27.